The van der Waals surface area contributed by atoms with Crippen LogP contribution in [-0.4, -0.2) is 15.9 Å². The molecule has 104 valence electrons. The van der Waals surface area contributed by atoms with Crippen LogP contribution in [0.4, 0.5) is 5.69 Å². The highest BCUT2D eigenvalue weighted by Gasteiger charge is 2.20. The smallest absolute Gasteiger partial charge is 0.234 e. The van der Waals surface area contributed by atoms with E-state index in [1.165, 1.54) is 0 Å². The number of hydrogen-bond donors (Lipinski definition) is 2. The van der Waals surface area contributed by atoms with E-state index in [9.17, 15) is 4.79 Å². The van der Waals surface area contributed by atoms with Crippen molar-refractivity contribution in [1.82, 2.24) is 4.98 Å². The minimum absolute atomic E-state index is 0.149. The highest BCUT2D eigenvalue weighted by molar-refractivity contribution is 7.80. The molecule has 1 aromatic carbocycles. The summed E-state index contributed by atoms with van der Waals surface area (Å²) in [5.41, 5.74) is 6.41. The van der Waals surface area contributed by atoms with Gasteiger partial charge in [0.2, 0.25) is 5.91 Å². The molecule has 0 spiro atoms. The summed E-state index contributed by atoms with van der Waals surface area (Å²) >= 11 is 4.98. The van der Waals surface area contributed by atoms with Crippen LogP contribution in [0.3, 0.4) is 0 Å². The van der Waals surface area contributed by atoms with Gasteiger partial charge >= 0.3 is 0 Å². The summed E-state index contributed by atoms with van der Waals surface area (Å²) in [6.45, 7) is 2.00. The molecule has 0 aliphatic carbocycles. The van der Waals surface area contributed by atoms with Gasteiger partial charge in [-0.3, -0.25) is 9.78 Å². The molecule has 5 heteroatoms. The van der Waals surface area contributed by atoms with Gasteiger partial charge < -0.3 is 11.1 Å². The van der Waals surface area contributed by atoms with Crippen LogP contribution in [0.5, 0.6) is 0 Å². The summed E-state index contributed by atoms with van der Waals surface area (Å²) in [5.74, 6) is -0.573. The van der Waals surface area contributed by atoms with Crippen LogP contribution >= 0.6 is 12.2 Å². The Morgan fingerprint density at radius 1 is 1.45 bits per heavy atom. The number of anilines is 1. The van der Waals surface area contributed by atoms with E-state index in [1.807, 2.05) is 31.2 Å². The Balaban J connectivity index is 2.27. The maximum Gasteiger partial charge on any atom is 0.234 e. The number of nitrogens with two attached hydrogens (primary N) is 1. The first-order valence-electron chi connectivity index (χ1n) is 6.56. The van der Waals surface area contributed by atoms with Crippen molar-refractivity contribution in [1.29, 1.82) is 0 Å². The highest BCUT2D eigenvalue weighted by atomic mass is 32.1. The number of pyridine rings is 1. The number of nitrogens with zero attached hydrogens (tertiary/aromatic N) is 1. The van der Waals surface area contributed by atoms with Gasteiger partial charge in [0.15, 0.2) is 0 Å². The standard InChI is InChI=1S/C15H17N3OS/c1-2-4-12(14(16)20)15(19)18-13-6-3-5-10-9-17-8-7-11(10)13/h3,5-9,12H,2,4H2,1H3,(H2,16,20)(H,18,19). The Hall–Kier alpha value is -2.01. The topological polar surface area (TPSA) is 68.0 Å². The van der Waals surface area contributed by atoms with Gasteiger partial charge in [-0.25, -0.2) is 0 Å². The molecule has 1 unspecified atom stereocenters. The first kappa shape index (κ1) is 14.4. The summed E-state index contributed by atoms with van der Waals surface area (Å²) in [6, 6.07) is 7.58. The summed E-state index contributed by atoms with van der Waals surface area (Å²) in [6.07, 6.45) is 4.99. The zero-order chi connectivity index (χ0) is 14.5. The quantitative estimate of drug-likeness (QED) is 0.830. The molecule has 0 saturated carbocycles. The van der Waals surface area contributed by atoms with E-state index in [1.54, 1.807) is 12.4 Å². The second-order valence-electron chi connectivity index (χ2n) is 4.64. The molecular weight excluding hydrogens is 270 g/mol. The summed E-state index contributed by atoms with van der Waals surface area (Å²) in [5, 5.41) is 4.85. The van der Waals surface area contributed by atoms with Crippen LogP contribution in [0.1, 0.15) is 19.8 Å². The average molecular weight is 287 g/mol. The van der Waals surface area contributed by atoms with Crippen LogP contribution in [-0.2, 0) is 4.79 Å². The Morgan fingerprint density at radius 3 is 2.95 bits per heavy atom. The maximum atomic E-state index is 12.3. The lowest BCUT2D eigenvalue weighted by molar-refractivity contribution is -0.118. The largest absolute Gasteiger partial charge is 0.393 e. The number of nitrogens with one attached hydrogen (secondary N) is 1. The molecule has 0 bridgehead atoms. The number of carbonyl (C=O) groups is 1. The van der Waals surface area contributed by atoms with Crippen molar-refractivity contribution >= 4 is 39.6 Å². The third-order valence-electron chi connectivity index (χ3n) is 3.18. The second-order valence-corrected chi connectivity index (χ2v) is 5.11. The van der Waals surface area contributed by atoms with Gasteiger partial charge in [-0.1, -0.05) is 37.7 Å². The number of carbonyl (C=O) groups excluding carboxylic acids is 1. The lowest BCUT2D eigenvalue weighted by atomic mass is 10.0. The van der Waals surface area contributed by atoms with E-state index < -0.39 is 5.92 Å². The van der Waals surface area contributed by atoms with Crippen molar-refractivity contribution in [3.8, 4) is 0 Å². The molecule has 0 radical (unpaired) electrons. The van der Waals surface area contributed by atoms with Crippen LogP contribution in [0.2, 0.25) is 0 Å². The van der Waals surface area contributed by atoms with Crippen molar-refractivity contribution in [2.24, 2.45) is 11.7 Å². The van der Waals surface area contributed by atoms with Gasteiger partial charge in [0.25, 0.3) is 0 Å². The SMILES string of the molecule is CCCC(C(=O)Nc1cccc2cnccc12)C(N)=S. The number of amides is 1. The summed E-state index contributed by atoms with van der Waals surface area (Å²) < 4.78 is 0. The molecule has 3 N–H and O–H groups in total. The van der Waals surface area contributed by atoms with E-state index in [2.05, 4.69) is 10.3 Å². The molecule has 0 fully saturated rings. The van der Waals surface area contributed by atoms with Gasteiger partial charge in [-0.15, -0.1) is 0 Å². The molecule has 2 aromatic rings. The average Bonchev–Trinajstić information content (AvgIpc) is 2.44. The van der Waals surface area contributed by atoms with Crippen molar-refractivity contribution in [2.75, 3.05) is 5.32 Å². The van der Waals surface area contributed by atoms with Gasteiger partial charge in [-0.05, 0) is 18.6 Å². The van der Waals surface area contributed by atoms with E-state index in [-0.39, 0.29) is 10.9 Å². The third-order valence-corrected chi connectivity index (χ3v) is 3.46. The van der Waals surface area contributed by atoms with Crippen LogP contribution in [0.25, 0.3) is 10.8 Å². The second kappa shape index (κ2) is 6.43. The van der Waals surface area contributed by atoms with Gasteiger partial charge in [-0.2, -0.15) is 0 Å². The molecule has 1 atom stereocenters. The molecule has 0 aliphatic heterocycles. The zero-order valence-electron chi connectivity index (χ0n) is 11.3. The Labute approximate surface area is 123 Å². The van der Waals surface area contributed by atoms with Crippen molar-refractivity contribution in [3.63, 3.8) is 0 Å². The fourth-order valence-corrected chi connectivity index (χ4v) is 2.37. The normalized spacial score (nSPS) is 12.1. The fourth-order valence-electron chi connectivity index (χ4n) is 2.14. The molecule has 0 saturated heterocycles. The van der Waals surface area contributed by atoms with Crippen molar-refractivity contribution in [3.05, 3.63) is 36.7 Å². The number of hydrogen-bond acceptors (Lipinski definition) is 3. The fraction of sp³-hybridized carbons (Fsp3) is 0.267. The van der Waals surface area contributed by atoms with E-state index in [0.717, 1.165) is 22.9 Å². The monoisotopic (exact) mass is 287 g/mol. The molecule has 1 heterocycles. The summed E-state index contributed by atoms with van der Waals surface area (Å²) in [7, 11) is 0. The van der Waals surface area contributed by atoms with Gasteiger partial charge in [0.1, 0.15) is 0 Å². The zero-order valence-corrected chi connectivity index (χ0v) is 12.1. The van der Waals surface area contributed by atoms with Crippen molar-refractivity contribution < 1.29 is 4.79 Å². The van der Waals surface area contributed by atoms with E-state index in [4.69, 9.17) is 18.0 Å². The van der Waals surface area contributed by atoms with Crippen LogP contribution in [0.15, 0.2) is 36.7 Å². The van der Waals surface area contributed by atoms with Crippen LogP contribution < -0.4 is 11.1 Å². The molecular formula is C15H17N3OS. The number of thiocarbonyl (C=S) groups is 1. The molecule has 20 heavy (non-hydrogen) atoms. The Morgan fingerprint density at radius 2 is 2.25 bits per heavy atom. The molecule has 1 aromatic heterocycles. The van der Waals surface area contributed by atoms with Crippen molar-refractivity contribution in [2.45, 2.75) is 19.8 Å². The first-order chi connectivity index (χ1) is 9.63. The molecule has 4 nitrogen and oxygen atoms in total. The van der Waals surface area contributed by atoms with E-state index >= 15 is 0 Å². The molecule has 2 rings (SSSR count). The number of fused-ring (bicyclic) bond motifs is 1. The summed E-state index contributed by atoms with van der Waals surface area (Å²) in [4.78, 5) is 16.6. The predicted molar refractivity (Wildman–Crippen MR) is 85.6 cm³/mol. The predicted octanol–water partition coefficient (Wildman–Crippen LogP) is 2.88. The molecule has 1 amide bonds. The lowest BCUT2D eigenvalue weighted by Gasteiger charge is -2.15. The number of aromatic nitrogens is 1. The Kier molecular flexibility index (Phi) is 4.63. The minimum atomic E-state index is -0.424. The maximum absolute atomic E-state index is 12.3. The number of benzene rings is 1. The van der Waals surface area contributed by atoms with Crippen LogP contribution in [0, 0.1) is 5.92 Å². The Bertz CT molecular complexity index is 637. The van der Waals surface area contributed by atoms with Gasteiger partial charge in [0, 0.05) is 28.9 Å². The molecule has 0 aliphatic rings. The third kappa shape index (κ3) is 3.11. The first-order valence-corrected chi connectivity index (χ1v) is 6.97. The number of rotatable bonds is 5. The highest BCUT2D eigenvalue weighted by Crippen LogP contribution is 2.23. The lowest BCUT2D eigenvalue weighted by Crippen LogP contribution is -2.33. The van der Waals surface area contributed by atoms with Gasteiger partial charge in [0.05, 0.1) is 10.9 Å². The minimum Gasteiger partial charge on any atom is -0.393 e. The van der Waals surface area contributed by atoms with E-state index in [0.29, 0.717) is 6.42 Å².